The van der Waals surface area contributed by atoms with Crippen molar-refractivity contribution in [2.45, 2.75) is 13.0 Å². The van der Waals surface area contributed by atoms with Crippen LogP contribution >= 0.6 is 0 Å². The molecule has 20 heavy (non-hydrogen) atoms. The van der Waals surface area contributed by atoms with Gasteiger partial charge in [0.1, 0.15) is 0 Å². The Labute approximate surface area is 119 Å². The van der Waals surface area contributed by atoms with Crippen molar-refractivity contribution in [2.75, 3.05) is 30.8 Å². The molecule has 2 aromatic rings. The van der Waals surface area contributed by atoms with Gasteiger partial charge in [0.05, 0.1) is 11.9 Å². The summed E-state index contributed by atoms with van der Waals surface area (Å²) in [6.07, 6.45) is 3.29. The molecule has 1 atom stereocenters. The molecule has 2 heterocycles. The number of aromatic nitrogens is 1. The molecule has 0 radical (unpaired) electrons. The molecule has 5 nitrogen and oxygen atoms in total. The van der Waals surface area contributed by atoms with E-state index in [1.165, 1.54) is 11.6 Å². The normalized spacial score (nSPS) is 21.5. The van der Waals surface area contributed by atoms with Crippen LogP contribution in [0.3, 0.4) is 0 Å². The molecule has 6 heteroatoms. The number of rotatable bonds is 2. The van der Waals surface area contributed by atoms with Crippen LogP contribution in [0.1, 0.15) is 6.92 Å². The van der Waals surface area contributed by atoms with E-state index in [4.69, 9.17) is 0 Å². The second-order valence-electron chi connectivity index (χ2n) is 5.39. The third kappa shape index (κ3) is 2.29. The van der Waals surface area contributed by atoms with E-state index in [2.05, 4.69) is 22.0 Å². The predicted molar refractivity (Wildman–Crippen MR) is 81.5 cm³/mol. The van der Waals surface area contributed by atoms with Gasteiger partial charge >= 0.3 is 0 Å². The highest BCUT2D eigenvalue weighted by Gasteiger charge is 2.30. The largest absolute Gasteiger partial charge is 0.367 e. The van der Waals surface area contributed by atoms with Crippen molar-refractivity contribution >= 4 is 26.6 Å². The number of H-pyrrole nitrogens is 1. The summed E-state index contributed by atoms with van der Waals surface area (Å²) in [5.41, 5.74) is 2.27. The van der Waals surface area contributed by atoms with Crippen LogP contribution in [-0.2, 0) is 10.0 Å². The van der Waals surface area contributed by atoms with Crippen molar-refractivity contribution in [3.63, 3.8) is 0 Å². The average molecular weight is 293 g/mol. The molecule has 1 aromatic heterocycles. The standard InChI is InChI=1S/C14H19N3O2S/c1-11-10-16(7-8-17(11)20(2,18)19)14-9-15-13-6-4-3-5-12(13)14/h3-6,9,11,15H,7-8,10H2,1-2H3. The fraction of sp³-hybridized carbons (Fsp3) is 0.429. The van der Waals surface area contributed by atoms with E-state index in [1.54, 1.807) is 4.31 Å². The summed E-state index contributed by atoms with van der Waals surface area (Å²) in [7, 11) is -3.11. The molecule has 1 aliphatic heterocycles. The first kappa shape index (κ1) is 13.5. The van der Waals surface area contributed by atoms with Crippen LogP contribution in [0.15, 0.2) is 30.5 Å². The second kappa shape index (κ2) is 4.79. The number of anilines is 1. The molecule has 0 bridgehead atoms. The van der Waals surface area contributed by atoms with Gasteiger partial charge in [-0.3, -0.25) is 0 Å². The van der Waals surface area contributed by atoms with Crippen LogP contribution in [0.2, 0.25) is 0 Å². The Morgan fingerprint density at radius 1 is 1.25 bits per heavy atom. The molecule has 0 amide bonds. The van der Waals surface area contributed by atoms with Crippen molar-refractivity contribution in [2.24, 2.45) is 0 Å². The predicted octanol–water partition coefficient (Wildman–Crippen LogP) is 1.64. The first-order chi connectivity index (χ1) is 9.47. The van der Waals surface area contributed by atoms with E-state index in [0.717, 1.165) is 24.3 Å². The van der Waals surface area contributed by atoms with Gasteiger partial charge in [-0.25, -0.2) is 8.42 Å². The number of sulfonamides is 1. The van der Waals surface area contributed by atoms with E-state index < -0.39 is 10.0 Å². The average Bonchev–Trinajstić information content (AvgIpc) is 2.80. The van der Waals surface area contributed by atoms with Gasteiger partial charge < -0.3 is 9.88 Å². The quantitative estimate of drug-likeness (QED) is 0.916. The SMILES string of the molecule is CC1CN(c2c[nH]c3ccccc23)CCN1S(C)(=O)=O. The van der Waals surface area contributed by atoms with Gasteiger partial charge in [-0.05, 0) is 13.0 Å². The number of piperazine rings is 1. The minimum absolute atomic E-state index is 0.00703. The van der Waals surface area contributed by atoms with E-state index in [0.29, 0.717) is 6.54 Å². The van der Waals surface area contributed by atoms with Crippen molar-refractivity contribution in [1.29, 1.82) is 0 Å². The third-order valence-electron chi connectivity index (χ3n) is 3.90. The van der Waals surface area contributed by atoms with Gasteiger partial charge in [0, 0.05) is 42.8 Å². The van der Waals surface area contributed by atoms with Crippen LogP contribution in [0, 0.1) is 0 Å². The summed E-state index contributed by atoms with van der Waals surface area (Å²) in [6, 6.07) is 8.17. The highest BCUT2D eigenvalue weighted by atomic mass is 32.2. The molecule has 1 saturated heterocycles. The van der Waals surface area contributed by atoms with Crippen molar-refractivity contribution in [3.05, 3.63) is 30.5 Å². The molecule has 1 aliphatic rings. The minimum atomic E-state index is -3.11. The summed E-state index contributed by atoms with van der Waals surface area (Å²) in [5, 5.41) is 1.19. The molecule has 1 N–H and O–H groups in total. The summed E-state index contributed by atoms with van der Waals surface area (Å²) in [6.45, 7) is 3.94. The Kier molecular flexibility index (Phi) is 3.22. The summed E-state index contributed by atoms with van der Waals surface area (Å²) < 4.78 is 25.0. The Balaban J connectivity index is 1.87. The lowest BCUT2D eigenvalue weighted by Gasteiger charge is -2.39. The lowest BCUT2D eigenvalue weighted by Crippen LogP contribution is -2.53. The fourth-order valence-electron chi connectivity index (χ4n) is 2.97. The van der Waals surface area contributed by atoms with E-state index >= 15 is 0 Å². The van der Waals surface area contributed by atoms with Gasteiger partial charge in [0.25, 0.3) is 0 Å². The zero-order chi connectivity index (χ0) is 14.3. The third-order valence-corrected chi connectivity index (χ3v) is 5.30. The maximum Gasteiger partial charge on any atom is 0.211 e. The van der Waals surface area contributed by atoms with Crippen LogP contribution in [0.5, 0.6) is 0 Å². The maximum atomic E-state index is 11.7. The number of hydrogen-bond acceptors (Lipinski definition) is 3. The fourth-order valence-corrected chi connectivity index (χ4v) is 4.10. The highest BCUT2D eigenvalue weighted by Crippen LogP contribution is 2.28. The first-order valence-electron chi connectivity index (χ1n) is 6.74. The molecular formula is C14H19N3O2S. The van der Waals surface area contributed by atoms with Gasteiger partial charge in [-0.2, -0.15) is 4.31 Å². The Hall–Kier alpha value is -1.53. The molecule has 0 spiro atoms. The molecule has 0 saturated carbocycles. The van der Waals surface area contributed by atoms with Crippen LogP contribution in [0.4, 0.5) is 5.69 Å². The van der Waals surface area contributed by atoms with Crippen molar-refractivity contribution in [3.8, 4) is 0 Å². The Morgan fingerprint density at radius 2 is 2.00 bits per heavy atom. The molecule has 3 rings (SSSR count). The second-order valence-corrected chi connectivity index (χ2v) is 7.32. The lowest BCUT2D eigenvalue weighted by molar-refractivity contribution is 0.309. The van der Waals surface area contributed by atoms with Gasteiger partial charge in [0.2, 0.25) is 10.0 Å². The zero-order valence-corrected chi connectivity index (χ0v) is 12.5. The number of aromatic amines is 1. The number of para-hydroxylation sites is 1. The summed E-state index contributed by atoms with van der Waals surface area (Å²) >= 11 is 0. The van der Waals surface area contributed by atoms with Gasteiger partial charge in [-0.15, -0.1) is 0 Å². The highest BCUT2D eigenvalue weighted by molar-refractivity contribution is 7.88. The zero-order valence-electron chi connectivity index (χ0n) is 11.7. The van der Waals surface area contributed by atoms with Crippen LogP contribution in [0.25, 0.3) is 10.9 Å². The molecule has 1 fully saturated rings. The number of hydrogen-bond donors (Lipinski definition) is 1. The Bertz CT molecular complexity index is 723. The van der Waals surface area contributed by atoms with Crippen molar-refractivity contribution < 1.29 is 8.42 Å². The number of nitrogens with one attached hydrogen (secondary N) is 1. The lowest BCUT2D eigenvalue weighted by atomic mass is 10.2. The number of fused-ring (bicyclic) bond motifs is 1. The molecule has 108 valence electrons. The smallest absolute Gasteiger partial charge is 0.211 e. The maximum absolute atomic E-state index is 11.7. The first-order valence-corrected chi connectivity index (χ1v) is 8.59. The molecule has 1 aromatic carbocycles. The summed E-state index contributed by atoms with van der Waals surface area (Å²) in [5.74, 6) is 0. The van der Waals surface area contributed by atoms with Gasteiger partial charge in [0.15, 0.2) is 0 Å². The molecule has 0 aliphatic carbocycles. The van der Waals surface area contributed by atoms with Crippen molar-refractivity contribution in [1.82, 2.24) is 9.29 Å². The Morgan fingerprint density at radius 3 is 2.70 bits per heavy atom. The topological polar surface area (TPSA) is 56.4 Å². The minimum Gasteiger partial charge on any atom is -0.367 e. The van der Waals surface area contributed by atoms with Crippen LogP contribution < -0.4 is 4.90 Å². The van der Waals surface area contributed by atoms with Gasteiger partial charge in [-0.1, -0.05) is 18.2 Å². The number of benzene rings is 1. The van der Waals surface area contributed by atoms with E-state index in [9.17, 15) is 8.42 Å². The van der Waals surface area contributed by atoms with E-state index in [-0.39, 0.29) is 6.04 Å². The monoisotopic (exact) mass is 293 g/mol. The van der Waals surface area contributed by atoms with E-state index in [1.807, 2.05) is 25.3 Å². The molecular weight excluding hydrogens is 274 g/mol. The summed E-state index contributed by atoms with van der Waals surface area (Å²) in [4.78, 5) is 5.52. The molecule has 1 unspecified atom stereocenters. The van der Waals surface area contributed by atoms with Crippen LogP contribution in [-0.4, -0.2) is 49.6 Å². The number of nitrogens with zero attached hydrogens (tertiary/aromatic N) is 2.